The number of esters is 1. The monoisotopic (exact) mass is 282 g/mol. The van der Waals surface area contributed by atoms with Crippen LogP contribution in [0, 0.1) is 5.92 Å². The van der Waals surface area contributed by atoms with Crippen molar-refractivity contribution in [3.63, 3.8) is 0 Å². The van der Waals surface area contributed by atoms with E-state index in [9.17, 15) is 17.7 Å². The van der Waals surface area contributed by atoms with E-state index in [1.165, 1.54) is 0 Å². The quantitative estimate of drug-likeness (QED) is 0.578. The van der Waals surface area contributed by atoms with Crippen LogP contribution < -0.4 is 51.4 Å². The van der Waals surface area contributed by atoms with E-state index in [0.29, 0.717) is 5.56 Å². The zero-order valence-corrected chi connectivity index (χ0v) is 13.1. The van der Waals surface area contributed by atoms with Crippen LogP contribution in [-0.2, 0) is 4.74 Å². The molecular formula is C11H11BF3KO2. The fourth-order valence-corrected chi connectivity index (χ4v) is 1.77. The van der Waals surface area contributed by atoms with Gasteiger partial charge >= 0.3 is 64.3 Å². The van der Waals surface area contributed by atoms with Gasteiger partial charge in [-0.1, -0.05) is 30.4 Å². The minimum absolute atomic E-state index is 0. The molecule has 1 aromatic rings. The molecule has 0 amide bonds. The number of hydrogen-bond donors (Lipinski definition) is 0. The van der Waals surface area contributed by atoms with Crippen molar-refractivity contribution >= 4 is 12.9 Å². The molecule has 18 heavy (non-hydrogen) atoms. The van der Waals surface area contributed by atoms with Gasteiger partial charge in [-0.05, 0) is 18.1 Å². The van der Waals surface area contributed by atoms with E-state index in [2.05, 4.69) is 0 Å². The van der Waals surface area contributed by atoms with Gasteiger partial charge in [0.05, 0.1) is 12.2 Å². The standard InChI is InChI=1S/C11H11BF3O2.K/c13-12(14,15)10-6-9(10)7-17-11(16)8-4-2-1-3-5-8;/h1-5,9-10H,6-7H2;/q-1;+1/t9-,10+;/m1./s1. The van der Waals surface area contributed by atoms with Crippen LogP contribution in [0.4, 0.5) is 12.9 Å². The van der Waals surface area contributed by atoms with Gasteiger partial charge < -0.3 is 17.7 Å². The van der Waals surface area contributed by atoms with Crippen LogP contribution >= 0.6 is 0 Å². The maximum atomic E-state index is 12.3. The number of hydrogen-bond acceptors (Lipinski definition) is 2. The van der Waals surface area contributed by atoms with Crippen LogP contribution in [0.25, 0.3) is 0 Å². The van der Waals surface area contributed by atoms with Crippen LogP contribution in [0.5, 0.6) is 0 Å². The minimum Gasteiger partial charge on any atom is -0.462 e. The Kier molecular flexibility index (Phi) is 5.92. The SMILES string of the molecule is O=C(OC[C@H]1C[C@@H]1[B-](F)(F)F)c1ccccc1.[K+]. The summed E-state index contributed by atoms with van der Waals surface area (Å²) in [6.07, 6.45) is 0.0889. The van der Waals surface area contributed by atoms with Gasteiger partial charge in [0, 0.05) is 0 Å². The summed E-state index contributed by atoms with van der Waals surface area (Å²) in [5, 5.41) is 0. The predicted molar refractivity (Wildman–Crippen MR) is 57.7 cm³/mol. The first-order valence-corrected chi connectivity index (χ1v) is 5.40. The molecule has 0 unspecified atom stereocenters. The molecule has 0 saturated heterocycles. The summed E-state index contributed by atoms with van der Waals surface area (Å²) in [6, 6.07) is 8.24. The Morgan fingerprint density at radius 2 is 1.89 bits per heavy atom. The summed E-state index contributed by atoms with van der Waals surface area (Å²) in [6.45, 7) is -4.92. The molecule has 0 aliphatic heterocycles. The number of benzene rings is 1. The molecule has 0 aromatic heterocycles. The van der Waals surface area contributed by atoms with Crippen molar-refractivity contribution < 1.29 is 73.9 Å². The van der Waals surface area contributed by atoms with Crippen molar-refractivity contribution in [2.75, 3.05) is 6.61 Å². The molecule has 1 saturated carbocycles. The van der Waals surface area contributed by atoms with E-state index in [4.69, 9.17) is 4.74 Å². The van der Waals surface area contributed by atoms with Crippen LogP contribution in [0.15, 0.2) is 30.3 Å². The summed E-state index contributed by atoms with van der Waals surface area (Å²) >= 11 is 0. The van der Waals surface area contributed by atoms with Gasteiger partial charge in [-0.15, -0.1) is 0 Å². The fourth-order valence-electron chi connectivity index (χ4n) is 1.77. The number of carbonyl (C=O) groups excluding carboxylic acids is 1. The number of carbonyl (C=O) groups is 1. The Hall–Kier alpha value is 0.181. The third-order valence-electron chi connectivity index (χ3n) is 2.90. The van der Waals surface area contributed by atoms with E-state index in [0.717, 1.165) is 0 Å². The second-order valence-corrected chi connectivity index (χ2v) is 4.25. The van der Waals surface area contributed by atoms with Crippen molar-refractivity contribution in [2.24, 2.45) is 5.92 Å². The molecule has 2 rings (SSSR count). The third-order valence-corrected chi connectivity index (χ3v) is 2.90. The molecule has 1 aliphatic rings. The largest absolute Gasteiger partial charge is 1.00 e. The second-order valence-electron chi connectivity index (χ2n) is 4.25. The average Bonchev–Trinajstić information content (AvgIpc) is 3.06. The molecular weight excluding hydrogens is 271 g/mol. The Morgan fingerprint density at radius 3 is 2.39 bits per heavy atom. The Balaban J connectivity index is 0.00000162. The molecule has 0 bridgehead atoms. The van der Waals surface area contributed by atoms with E-state index in [1.807, 2.05) is 0 Å². The molecule has 2 atom stereocenters. The van der Waals surface area contributed by atoms with Gasteiger partial charge in [-0.25, -0.2) is 4.79 Å². The van der Waals surface area contributed by atoms with E-state index >= 15 is 0 Å². The summed E-state index contributed by atoms with van der Waals surface area (Å²) in [5.41, 5.74) is 0.363. The van der Waals surface area contributed by atoms with Gasteiger partial charge in [0.15, 0.2) is 0 Å². The van der Waals surface area contributed by atoms with Crippen LogP contribution in [0.3, 0.4) is 0 Å². The fraction of sp³-hybridized carbons (Fsp3) is 0.364. The van der Waals surface area contributed by atoms with E-state index in [-0.39, 0.29) is 64.4 Å². The zero-order chi connectivity index (χ0) is 12.5. The zero-order valence-electron chi connectivity index (χ0n) is 9.98. The van der Waals surface area contributed by atoms with Crippen LogP contribution in [0.2, 0.25) is 5.82 Å². The number of ether oxygens (including phenoxy) is 1. The van der Waals surface area contributed by atoms with Crippen molar-refractivity contribution in [3.8, 4) is 0 Å². The summed E-state index contributed by atoms with van der Waals surface area (Å²) in [5.74, 6) is -2.34. The van der Waals surface area contributed by atoms with Crippen molar-refractivity contribution in [1.29, 1.82) is 0 Å². The van der Waals surface area contributed by atoms with Crippen LogP contribution in [-0.4, -0.2) is 19.6 Å². The third kappa shape index (κ3) is 4.38. The van der Waals surface area contributed by atoms with E-state index in [1.54, 1.807) is 30.3 Å². The Morgan fingerprint density at radius 1 is 1.28 bits per heavy atom. The van der Waals surface area contributed by atoms with E-state index < -0.39 is 24.7 Å². The Labute approximate surface area is 146 Å². The molecule has 2 nitrogen and oxygen atoms in total. The molecule has 0 heterocycles. The van der Waals surface area contributed by atoms with Gasteiger partial charge in [0.2, 0.25) is 0 Å². The smallest absolute Gasteiger partial charge is 0.462 e. The normalized spacial score (nSPS) is 21.9. The first-order valence-electron chi connectivity index (χ1n) is 5.40. The molecule has 1 aliphatic carbocycles. The number of halogens is 3. The first kappa shape index (κ1) is 16.2. The van der Waals surface area contributed by atoms with Crippen molar-refractivity contribution in [2.45, 2.75) is 12.2 Å². The number of rotatable bonds is 4. The van der Waals surface area contributed by atoms with Crippen molar-refractivity contribution in [1.82, 2.24) is 0 Å². The predicted octanol–water partition coefficient (Wildman–Crippen LogP) is 0.0849. The minimum atomic E-state index is -4.78. The topological polar surface area (TPSA) is 26.3 Å². The van der Waals surface area contributed by atoms with Crippen molar-refractivity contribution in [3.05, 3.63) is 35.9 Å². The molecule has 7 heteroatoms. The molecule has 0 spiro atoms. The maximum Gasteiger partial charge on any atom is 1.00 e. The molecule has 0 N–H and O–H groups in total. The molecule has 1 aromatic carbocycles. The summed E-state index contributed by atoms with van der Waals surface area (Å²) in [7, 11) is 0. The molecule has 0 radical (unpaired) electrons. The molecule has 92 valence electrons. The van der Waals surface area contributed by atoms with Gasteiger partial charge in [0.25, 0.3) is 0 Å². The van der Waals surface area contributed by atoms with Gasteiger partial charge in [0.1, 0.15) is 0 Å². The maximum absolute atomic E-state index is 12.3. The second kappa shape index (κ2) is 6.56. The summed E-state index contributed by atoms with van der Waals surface area (Å²) < 4.78 is 41.6. The van der Waals surface area contributed by atoms with Crippen LogP contribution in [0.1, 0.15) is 16.8 Å². The first-order chi connectivity index (χ1) is 7.98. The van der Waals surface area contributed by atoms with Gasteiger partial charge in [-0.2, -0.15) is 0 Å². The Bertz CT molecular complexity index is 410. The average molecular weight is 282 g/mol. The molecule has 1 fully saturated rings. The summed E-state index contributed by atoms with van der Waals surface area (Å²) in [4.78, 5) is 11.4. The van der Waals surface area contributed by atoms with Gasteiger partial charge in [-0.3, -0.25) is 0 Å².